The van der Waals surface area contributed by atoms with Gasteiger partial charge in [-0.1, -0.05) is 22.4 Å². The Balaban J connectivity index is 1.87. The highest BCUT2D eigenvalue weighted by atomic mass is 79.9. The van der Waals surface area contributed by atoms with Gasteiger partial charge in [0.1, 0.15) is 5.69 Å². The number of halogens is 2. The number of amides is 1. The number of nitrogens with zero attached hydrogens (tertiary/aromatic N) is 1. The van der Waals surface area contributed by atoms with Crippen molar-refractivity contribution in [2.24, 2.45) is 5.92 Å². The Morgan fingerprint density at radius 2 is 2.29 bits per heavy atom. The molecule has 0 radical (unpaired) electrons. The first-order valence-electron chi connectivity index (χ1n) is 5.70. The second-order valence-corrected chi connectivity index (χ2v) is 6.37. The quantitative estimate of drug-likeness (QED) is 0.840. The molecular formula is C12H14Br2N2O. The summed E-state index contributed by atoms with van der Waals surface area (Å²) in [5.74, 6) is 0.457. The number of hydrogen-bond acceptors (Lipinski definition) is 2. The molecule has 0 bridgehead atoms. The van der Waals surface area contributed by atoms with Crippen LogP contribution in [0.15, 0.2) is 22.8 Å². The lowest BCUT2D eigenvalue weighted by atomic mass is 10.1. The van der Waals surface area contributed by atoms with Crippen molar-refractivity contribution in [2.75, 3.05) is 6.54 Å². The number of nitrogens with one attached hydrogen (secondary N) is 1. The van der Waals surface area contributed by atoms with Crippen LogP contribution in [0.2, 0.25) is 0 Å². The number of rotatable bonds is 3. The minimum Gasteiger partial charge on any atom is -0.350 e. The average Bonchev–Trinajstić information content (AvgIpc) is 2.73. The number of pyridine rings is 1. The monoisotopic (exact) mass is 360 g/mol. The molecular weight excluding hydrogens is 348 g/mol. The second-order valence-electron chi connectivity index (χ2n) is 4.28. The molecule has 0 aliphatic heterocycles. The van der Waals surface area contributed by atoms with E-state index in [-0.39, 0.29) is 5.91 Å². The number of carbonyl (C=O) groups excluding carboxylic acids is 1. The van der Waals surface area contributed by atoms with Crippen LogP contribution in [0.3, 0.4) is 0 Å². The van der Waals surface area contributed by atoms with Gasteiger partial charge in [0, 0.05) is 22.0 Å². The van der Waals surface area contributed by atoms with Crippen molar-refractivity contribution >= 4 is 37.8 Å². The van der Waals surface area contributed by atoms with E-state index in [1.807, 2.05) is 6.07 Å². The lowest BCUT2D eigenvalue weighted by Crippen LogP contribution is -2.31. The summed E-state index contributed by atoms with van der Waals surface area (Å²) in [6.07, 6.45) is 5.27. The molecule has 17 heavy (non-hydrogen) atoms. The summed E-state index contributed by atoms with van der Waals surface area (Å²) in [5.41, 5.74) is 0.470. The normalized spacial score (nSPS) is 23.6. The van der Waals surface area contributed by atoms with Crippen LogP contribution in [0.1, 0.15) is 29.8 Å². The summed E-state index contributed by atoms with van der Waals surface area (Å²) < 4.78 is 0.880. The highest BCUT2D eigenvalue weighted by Crippen LogP contribution is 2.30. The molecule has 2 atom stereocenters. The van der Waals surface area contributed by atoms with Gasteiger partial charge in [-0.3, -0.25) is 4.79 Å². The van der Waals surface area contributed by atoms with Crippen LogP contribution < -0.4 is 5.32 Å². The maximum atomic E-state index is 11.8. The molecule has 1 N–H and O–H groups in total. The molecule has 0 saturated heterocycles. The molecule has 1 fully saturated rings. The summed E-state index contributed by atoms with van der Waals surface area (Å²) in [6, 6.07) is 3.55. The molecule has 1 aromatic heterocycles. The van der Waals surface area contributed by atoms with Crippen molar-refractivity contribution in [3.05, 3.63) is 28.5 Å². The number of hydrogen-bond donors (Lipinski definition) is 1. The predicted molar refractivity (Wildman–Crippen MR) is 74.3 cm³/mol. The molecule has 1 aliphatic carbocycles. The first-order valence-corrected chi connectivity index (χ1v) is 7.41. The van der Waals surface area contributed by atoms with Crippen LogP contribution in [0.4, 0.5) is 0 Å². The van der Waals surface area contributed by atoms with Crippen molar-refractivity contribution in [3.8, 4) is 0 Å². The fraction of sp³-hybridized carbons (Fsp3) is 0.500. The van der Waals surface area contributed by atoms with Gasteiger partial charge in [0.05, 0.1) is 0 Å². The molecule has 1 saturated carbocycles. The maximum absolute atomic E-state index is 11.8. The van der Waals surface area contributed by atoms with Crippen molar-refractivity contribution in [1.29, 1.82) is 0 Å². The van der Waals surface area contributed by atoms with Crippen molar-refractivity contribution in [1.82, 2.24) is 10.3 Å². The van der Waals surface area contributed by atoms with E-state index in [1.54, 1.807) is 12.3 Å². The van der Waals surface area contributed by atoms with Gasteiger partial charge in [-0.15, -0.1) is 0 Å². The van der Waals surface area contributed by atoms with E-state index in [9.17, 15) is 4.79 Å². The van der Waals surface area contributed by atoms with Crippen LogP contribution >= 0.6 is 31.9 Å². The van der Waals surface area contributed by atoms with Crippen LogP contribution in [0.25, 0.3) is 0 Å². The molecule has 0 aromatic carbocycles. The molecule has 1 heterocycles. The summed E-state index contributed by atoms with van der Waals surface area (Å²) in [6.45, 7) is 0.729. The van der Waals surface area contributed by atoms with Crippen LogP contribution in [-0.4, -0.2) is 22.3 Å². The Morgan fingerprint density at radius 1 is 1.47 bits per heavy atom. The van der Waals surface area contributed by atoms with Crippen molar-refractivity contribution in [2.45, 2.75) is 24.1 Å². The largest absolute Gasteiger partial charge is 0.350 e. The second kappa shape index (κ2) is 5.96. The zero-order chi connectivity index (χ0) is 12.3. The molecule has 5 heteroatoms. The molecule has 2 rings (SSSR count). The first kappa shape index (κ1) is 13.0. The van der Waals surface area contributed by atoms with E-state index < -0.39 is 0 Å². The number of aromatic nitrogens is 1. The Kier molecular flexibility index (Phi) is 4.56. The lowest BCUT2D eigenvalue weighted by molar-refractivity contribution is 0.0943. The minimum atomic E-state index is -0.0934. The summed E-state index contributed by atoms with van der Waals surface area (Å²) >= 11 is 6.94. The van der Waals surface area contributed by atoms with Gasteiger partial charge in [-0.05, 0) is 46.8 Å². The van der Waals surface area contributed by atoms with Gasteiger partial charge < -0.3 is 5.32 Å². The van der Waals surface area contributed by atoms with Gasteiger partial charge in [0.15, 0.2) is 0 Å². The van der Waals surface area contributed by atoms with Gasteiger partial charge in [0.25, 0.3) is 5.91 Å². The van der Waals surface area contributed by atoms with Crippen LogP contribution in [-0.2, 0) is 0 Å². The third-order valence-electron chi connectivity index (χ3n) is 3.05. The van der Waals surface area contributed by atoms with E-state index in [0.29, 0.717) is 16.4 Å². The Bertz CT molecular complexity index is 394. The van der Waals surface area contributed by atoms with E-state index in [1.165, 1.54) is 19.3 Å². The van der Waals surface area contributed by atoms with Gasteiger partial charge >= 0.3 is 0 Å². The maximum Gasteiger partial charge on any atom is 0.269 e. The fourth-order valence-corrected chi connectivity index (χ4v) is 3.06. The van der Waals surface area contributed by atoms with Gasteiger partial charge in [-0.2, -0.15) is 0 Å². The predicted octanol–water partition coefficient (Wildman–Crippen LogP) is 3.14. The fourth-order valence-electron chi connectivity index (χ4n) is 2.05. The molecule has 1 aliphatic rings. The lowest BCUT2D eigenvalue weighted by Gasteiger charge is -2.14. The molecule has 3 nitrogen and oxygen atoms in total. The standard InChI is InChI=1S/C12H14Br2N2O/c13-9-4-5-11(15-7-9)12(17)16-6-8-2-1-3-10(8)14/h4-5,7-8,10H,1-3,6H2,(H,16,17). The van der Waals surface area contributed by atoms with Crippen molar-refractivity contribution in [3.63, 3.8) is 0 Å². The van der Waals surface area contributed by atoms with Crippen LogP contribution in [0.5, 0.6) is 0 Å². The topological polar surface area (TPSA) is 42.0 Å². The van der Waals surface area contributed by atoms with Gasteiger partial charge in [0.2, 0.25) is 0 Å². The molecule has 1 amide bonds. The SMILES string of the molecule is O=C(NCC1CCCC1Br)c1ccc(Br)cn1. The van der Waals surface area contributed by atoms with E-state index in [4.69, 9.17) is 0 Å². The van der Waals surface area contributed by atoms with E-state index >= 15 is 0 Å². The van der Waals surface area contributed by atoms with E-state index in [2.05, 4.69) is 42.2 Å². The molecule has 0 spiro atoms. The minimum absolute atomic E-state index is 0.0934. The molecule has 1 aromatic rings. The summed E-state index contributed by atoms with van der Waals surface area (Å²) in [4.78, 5) is 16.4. The Labute approximate surface area is 118 Å². The Morgan fingerprint density at radius 3 is 2.88 bits per heavy atom. The number of alkyl halides is 1. The number of carbonyl (C=O) groups is 1. The summed E-state index contributed by atoms with van der Waals surface area (Å²) in [5, 5.41) is 2.94. The highest BCUT2D eigenvalue weighted by Gasteiger charge is 2.25. The zero-order valence-corrected chi connectivity index (χ0v) is 12.5. The highest BCUT2D eigenvalue weighted by molar-refractivity contribution is 9.10. The van der Waals surface area contributed by atoms with Crippen LogP contribution in [0, 0.1) is 5.92 Å². The van der Waals surface area contributed by atoms with Gasteiger partial charge in [-0.25, -0.2) is 4.98 Å². The van der Waals surface area contributed by atoms with Crippen molar-refractivity contribution < 1.29 is 4.79 Å². The van der Waals surface area contributed by atoms with E-state index in [0.717, 1.165) is 11.0 Å². The Hall–Kier alpha value is -0.420. The third-order valence-corrected chi connectivity index (χ3v) is 4.73. The smallest absolute Gasteiger partial charge is 0.269 e. The zero-order valence-electron chi connectivity index (χ0n) is 9.33. The average molecular weight is 362 g/mol. The first-order chi connectivity index (χ1) is 8.16. The molecule has 92 valence electrons. The molecule has 2 unspecified atom stereocenters. The third kappa shape index (κ3) is 3.52. The summed E-state index contributed by atoms with van der Waals surface area (Å²) in [7, 11) is 0.